The third kappa shape index (κ3) is 2.48. The summed E-state index contributed by atoms with van der Waals surface area (Å²) in [7, 11) is -0.685. The molecular formula is C9H21BN2O2. The summed E-state index contributed by atoms with van der Waals surface area (Å²) in [5, 5.41) is 7.17. The number of amidine groups is 1. The van der Waals surface area contributed by atoms with Gasteiger partial charge in [0.25, 0.3) is 0 Å². The van der Waals surface area contributed by atoms with Gasteiger partial charge in [-0.3, -0.25) is 5.41 Å². The Kier molecular flexibility index (Phi) is 4.15. The maximum Gasteiger partial charge on any atom is 0.531 e. The second kappa shape index (κ2) is 4.32. The van der Waals surface area contributed by atoms with Crippen LogP contribution in [0.5, 0.6) is 0 Å². The Morgan fingerprint density at radius 2 is 1.36 bits per heavy atom. The molecule has 1 rings (SSSR count). The lowest BCUT2D eigenvalue weighted by Crippen LogP contribution is -2.41. The van der Waals surface area contributed by atoms with Gasteiger partial charge in [-0.25, -0.2) is 0 Å². The van der Waals surface area contributed by atoms with Gasteiger partial charge >= 0.3 is 7.12 Å². The largest absolute Gasteiger partial charge is 0.531 e. The van der Waals surface area contributed by atoms with Gasteiger partial charge in [-0.1, -0.05) is 13.8 Å². The molecule has 0 amide bonds. The average molecular weight is 200 g/mol. The highest BCUT2D eigenvalue weighted by atomic mass is 16.7. The normalized spacial score (nSPS) is 22.6. The molecule has 0 aromatic rings. The summed E-state index contributed by atoms with van der Waals surface area (Å²) >= 11 is 0. The molecule has 1 heterocycles. The van der Waals surface area contributed by atoms with E-state index in [0.29, 0.717) is 0 Å². The highest BCUT2D eigenvalue weighted by Gasteiger charge is 2.52. The van der Waals surface area contributed by atoms with Gasteiger partial charge in [-0.05, 0) is 27.7 Å². The van der Waals surface area contributed by atoms with Crippen molar-refractivity contribution in [2.45, 2.75) is 52.7 Å². The molecule has 1 aliphatic rings. The highest BCUT2D eigenvalue weighted by Crippen LogP contribution is 2.36. The Labute approximate surface area is 86.8 Å². The molecule has 0 saturated carbocycles. The van der Waals surface area contributed by atoms with Gasteiger partial charge in [0.1, 0.15) is 5.73 Å². The van der Waals surface area contributed by atoms with Crippen LogP contribution in [0.25, 0.3) is 0 Å². The van der Waals surface area contributed by atoms with Crippen molar-refractivity contribution >= 4 is 12.9 Å². The maximum atomic E-state index is 7.17. The third-order valence-corrected chi connectivity index (χ3v) is 2.51. The summed E-state index contributed by atoms with van der Waals surface area (Å²) < 4.78 is 10.9. The minimum absolute atomic E-state index is 0.0753. The lowest BCUT2D eigenvalue weighted by atomic mass is 9.89. The van der Waals surface area contributed by atoms with Crippen LogP contribution in [0.1, 0.15) is 41.5 Å². The van der Waals surface area contributed by atoms with Crippen molar-refractivity contribution in [3.8, 4) is 0 Å². The van der Waals surface area contributed by atoms with Gasteiger partial charge in [0.05, 0.1) is 11.2 Å². The summed E-state index contributed by atoms with van der Waals surface area (Å²) in [5.74, 6) is 0. The van der Waals surface area contributed by atoms with E-state index in [1.807, 2.05) is 41.5 Å². The number of hydrogen-bond donors (Lipinski definition) is 2. The lowest BCUT2D eigenvalue weighted by Gasteiger charge is -2.32. The fourth-order valence-corrected chi connectivity index (χ4v) is 0.970. The molecule has 1 saturated heterocycles. The molecule has 0 spiro atoms. The molecule has 5 heteroatoms. The molecule has 82 valence electrons. The molecular weight excluding hydrogens is 179 g/mol. The first-order valence-corrected chi connectivity index (χ1v) is 4.96. The van der Waals surface area contributed by atoms with E-state index in [-0.39, 0.29) is 5.73 Å². The van der Waals surface area contributed by atoms with Gasteiger partial charge in [0, 0.05) is 0 Å². The molecule has 4 nitrogen and oxygen atoms in total. The van der Waals surface area contributed by atoms with E-state index >= 15 is 0 Å². The zero-order valence-corrected chi connectivity index (χ0v) is 9.97. The van der Waals surface area contributed by atoms with Gasteiger partial charge in [0.15, 0.2) is 0 Å². The van der Waals surface area contributed by atoms with Crippen molar-refractivity contribution in [3.05, 3.63) is 0 Å². The lowest BCUT2D eigenvalue weighted by molar-refractivity contribution is 0.00578. The number of nitrogens with one attached hydrogen (secondary N) is 1. The van der Waals surface area contributed by atoms with Crippen LogP contribution in [-0.2, 0) is 9.31 Å². The van der Waals surface area contributed by atoms with E-state index < -0.39 is 18.3 Å². The van der Waals surface area contributed by atoms with Crippen molar-refractivity contribution in [1.82, 2.24) is 0 Å². The van der Waals surface area contributed by atoms with Crippen LogP contribution in [0.2, 0.25) is 0 Å². The predicted molar refractivity (Wildman–Crippen MR) is 59.3 cm³/mol. The van der Waals surface area contributed by atoms with Crippen LogP contribution in [0, 0.1) is 5.41 Å². The average Bonchev–Trinajstić information content (AvgIpc) is 2.26. The van der Waals surface area contributed by atoms with Crippen molar-refractivity contribution in [1.29, 1.82) is 5.41 Å². The van der Waals surface area contributed by atoms with Crippen LogP contribution in [0.3, 0.4) is 0 Å². The SMILES string of the molecule is CC.CC1(C)OB(C(=N)N)OC1(C)C. The quantitative estimate of drug-likeness (QED) is 0.383. The van der Waals surface area contributed by atoms with Gasteiger partial charge < -0.3 is 15.0 Å². The van der Waals surface area contributed by atoms with Crippen molar-refractivity contribution in [3.63, 3.8) is 0 Å². The van der Waals surface area contributed by atoms with E-state index in [1.54, 1.807) is 0 Å². The minimum Gasteiger partial charge on any atom is -0.397 e. The highest BCUT2D eigenvalue weighted by molar-refractivity contribution is 6.81. The molecule has 0 aromatic carbocycles. The molecule has 0 unspecified atom stereocenters. The third-order valence-electron chi connectivity index (χ3n) is 2.51. The van der Waals surface area contributed by atoms with Crippen LogP contribution in [0.15, 0.2) is 0 Å². The van der Waals surface area contributed by atoms with Crippen molar-refractivity contribution < 1.29 is 9.31 Å². The second-order valence-electron chi connectivity index (χ2n) is 4.04. The van der Waals surface area contributed by atoms with Crippen LogP contribution < -0.4 is 5.73 Å². The molecule has 0 aliphatic carbocycles. The molecule has 0 radical (unpaired) electrons. The molecule has 1 aliphatic heterocycles. The Hall–Kier alpha value is -0.545. The van der Waals surface area contributed by atoms with Crippen LogP contribution in [-0.4, -0.2) is 24.1 Å². The topological polar surface area (TPSA) is 68.3 Å². The van der Waals surface area contributed by atoms with Crippen molar-refractivity contribution in [2.75, 3.05) is 0 Å². The maximum absolute atomic E-state index is 7.17. The predicted octanol–water partition coefficient (Wildman–Crippen LogP) is 1.58. The summed E-state index contributed by atoms with van der Waals surface area (Å²) in [6.45, 7) is 11.7. The monoisotopic (exact) mass is 200 g/mol. The van der Waals surface area contributed by atoms with Crippen molar-refractivity contribution in [2.24, 2.45) is 5.73 Å². The summed E-state index contributed by atoms with van der Waals surface area (Å²) in [4.78, 5) is 0. The van der Waals surface area contributed by atoms with Gasteiger partial charge in [-0.15, -0.1) is 0 Å². The summed E-state index contributed by atoms with van der Waals surface area (Å²) in [6.07, 6.45) is 0. The van der Waals surface area contributed by atoms with Crippen LogP contribution >= 0.6 is 0 Å². The van der Waals surface area contributed by atoms with Gasteiger partial charge in [-0.2, -0.15) is 0 Å². The summed E-state index contributed by atoms with van der Waals surface area (Å²) in [5.41, 5.74) is 4.40. The zero-order chi connectivity index (χ0) is 11.6. The fourth-order valence-electron chi connectivity index (χ4n) is 0.970. The molecule has 3 N–H and O–H groups in total. The molecule has 0 bridgehead atoms. The molecule has 14 heavy (non-hydrogen) atoms. The summed E-state index contributed by atoms with van der Waals surface area (Å²) in [6, 6.07) is 0. The van der Waals surface area contributed by atoms with E-state index in [2.05, 4.69) is 0 Å². The second-order valence-corrected chi connectivity index (χ2v) is 4.04. The molecule has 1 fully saturated rings. The van der Waals surface area contributed by atoms with E-state index in [0.717, 1.165) is 0 Å². The number of hydrogen-bond acceptors (Lipinski definition) is 3. The Bertz CT molecular complexity index is 201. The fraction of sp³-hybridized carbons (Fsp3) is 0.889. The van der Waals surface area contributed by atoms with E-state index in [9.17, 15) is 0 Å². The molecule has 0 aromatic heterocycles. The first-order chi connectivity index (χ1) is 6.26. The van der Waals surface area contributed by atoms with E-state index in [4.69, 9.17) is 20.5 Å². The van der Waals surface area contributed by atoms with E-state index in [1.165, 1.54) is 0 Å². The molecule has 0 atom stereocenters. The standard InChI is InChI=1S/C7H15BN2O2.C2H6/c1-6(2)7(3,4)12-8(11-6)5(9)10;1-2/h1-4H3,(H3,9,10);1-2H3. The first-order valence-electron chi connectivity index (χ1n) is 4.96. The minimum atomic E-state index is -0.685. The Morgan fingerprint density at radius 3 is 1.50 bits per heavy atom. The zero-order valence-electron chi connectivity index (χ0n) is 9.97. The van der Waals surface area contributed by atoms with Crippen LogP contribution in [0.4, 0.5) is 0 Å². The number of nitrogens with two attached hydrogens (primary N) is 1. The number of rotatable bonds is 1. The first kappa shape index (κ1) is 13.5. The Morgan fingerprint density at radius 1 is 1.07 bits per heavy atom. The Balaban J connectivity index is 0.000000791. The van der Waals surface area contributed by atoms with Gasteiger partial charge in [0.2, 0.25) is 0 Å². The smallest absolute Gasteiger partial charge is 0.397 e.